The van der Waals surface area contributed by atoms with Crippen molar-refractivity contribution in [3.8, 4) is 0 Å². The van der Waals surface area contributed by atoms with Gasteiger partial charge in [0.25, 0.3) is 11.7 Å². The number of ether oxygens (including phenoxy) is 1. The molecular weight excluding hydrogens is 302 g/mol. The third-order valence-corrected chi connectivity index (χ3v) is 1.97. The number of carbonyl (C=O) groups is 3. The van der Waals surface area contributed by atoms with Crippen molar-refractivity contribution in [3.63, 3.8) is 0 Å². The Bertz CT molecular complexity index is 308. The summed E-state index contributed by atoms with van der Waals surface area (Å²) in [4.78, 5) is 32.0. The average Bonchev–Trinajstić information content (AvgIpc) is 1.98. The molecule has 0 aromatic heterocycles. The molecule has 0 aliphatic rings. The molecule has 0 spiro atoms. The van der Waals surface area contributed by atoms with Gasteiger partial charge in [0.05, 0.1) is 6.10 Å². The molecule has 17 heavy (non-hydrogen) atoms. The molecule has 1 amide bonds. The third-order valence-electron chi connectivity index (χ3n) is 1.97. The van der Waals surface area contributed by atoms with Gasteiger partial charge in [-0.2, -0.15) is 0 Å². The van der Waals surface area contributed by atoms with Gasteiger partial charge >= 0.3 is 7.28 Å². The Morgan fingerprint density at radius 3 is 2.18 bits per heavy atom. The topological polar surface area (TPSA) is 94.8 Å². The number of hydrogen-bond donors (Lipinski definition) is 1. The zero-order valence-electron chi connectivity index (χ0n) is 10.3. The Morgan fingerprint density at radius 2 is 1.82 bits per heavy atom. The van der Waals surface area contributed by atoms with Gasteiger partial charge < -0.3 is 20.0 Å². The summed E-state index contributed by atoms with van der Waals surface area (Å²) >= 11 is 0. The molecule has 0 fully saturated rings. The largest absolute Gasteiger partial charge is 0.646 e. The third kappa shape index (κ3) is 8.32. The molecule has 1 N–H and O–H groups in total. The first-order valence-corrected chi connectivity index (χ1v) is 4.67. The molecule has 1 unspecified atom stereocenters. The van der Waals surface area contributed by atoms with Gasteiger partial charge in [-0.05, 0) is 13.8 Å². The van der Waals surface area contributed by atoms with Crippen LogP contribution in [0.4, 0.5) is 9.59 Å². The van der Waals surface area contributed by atoms with E-state index in [1.54, 1.807) is 20.8 Å². The van der Waals surface area contributed by atoms with Crippen LogP contribution in [0.1, 0.15) is 27.7 Å². The van der Waals surface area contributed by atoms with Crippen molar-refractivity contribution in [1.82, 2.24) is 0 Å². The molecule has 6 nitrogen and oxygen atoms in total. The number of carbonyl (C=O) groups excluding carboxylic acids is 2. The quantitative estimate of drug-likeness (QED) is 0.777. The van der Waals surface area contributed by atoms with E-state index in [-0.39, 0.29) is 38.6 Å². The second-order valence-electron chi connectivity index (χ2n) is 3.85. The Balaban J connectivity index is 0. The molecule has 0 aromatic rings. The van der Waals surface area contributed by atoms with Crippen LogP contribution in [0.2, 0.25) is 0 Å². The summed E-state index contributed by atoms with van der Waals surface area (Å²) < 4.78 is 4.81. The van der Waals surface area contributed by atoms with E-state index >= 15 is 0 Å². The molecule has 0 bridgehead atoms. The minimum Gasteiger partial charge on any atom is -0.646 e. The van der Waals surface area contributed by atoms with E-state index < -0.39 is 23.4 Å². The Morgan fingerprint density at radius 1 is 1.35 bits per heavy atom. The summed E-state index contributed by atoms with van der Waals surface area (Å²) in [7, 11) is 0.417. The molecular formula is C9H14BNO5Y-. The smallest absolute Gasteiger partial charge is 0.405 e. The molecule has 8 heteroatoms. The van der Waals surface area contributed by atoms with E-state index in [9.17, 15) is 14.4 Å². The fourth-order valence-electron chi connectivity index (χ4n) is 0.950. The SMILES string of the molecule is CC(=O)[N-]C(C)(C)C(C)OC(=O)[B]C(=O)O.[Y]. The van der Waals surface area contributed by atoms with E-state index in [1.807, 2.05) is 0 Å². The standard InChI is InChI=1S/C9H15BNO5.Y/c1-5(9(3,4)11-6(2)12)16-8(15)10-7(13)14;/h5H,1-4H3,(H2,11,12,13,14);/p-1. The molecule has 0 rings (SSSR count). The molecule has 0 aliphatic carbocycles. The Labute approximate surface area is 126 Å². The van der Waals surface area contributed by atoms with Crippen molar-refractivity contribution in [3.05, 3.63) is 5.32 Å². The molecule has 0 aromatic carbocycles. The van der Waals surface area contributed by atoms with Crippen LogP contribution >= 0.6 is 0 Å². The van der Waals surface area contributed by atoms with E-state index in [0.29, 0.717) is 7.28 Å². The maximum absolute atomic E-state index is 11.0. The molecule has 0 heterocycles. The van der Waals surface area contributed by atoms with Crippen LogP contribution in [-0.2, 0) is 42.2 Å². The Hall–Kier alpha value is -0.421. The second-order valence-corrected chi connectivity index (χ2v) is 3.85. The fraction of sp³-hybridized carbons (Fsp3) is 0.667. The minimum absolute atomic E-state index is 0. The first kappa shape index (κ1) is 18.9. The summed E-state index contributed by atoms with van der Waals surface area (Å²) in [5.41, 5.74) is -0.881. The molecule has 2 radical (unpaired) electrons. The summed E-state index contributed by atoms with van der Waals surface area (Å²) in [5, 5.41) is 12.1. The number of nitrogens with zero attached hydrogens (tertiary/aromatic N) is 1. The van der Waals surface area contributed by atoms with Crippen LogP contribution in [0.25, 0.3) is 5.32 Å². The summed E-state index contributed by atoms with van der Waals surface area (Å²) in [6.07, 6.45) is -0.695. The van der Waals surface area contributed by atoms with Crippen molar-refractivity contribution in [2.24, 2.45) is 0 Å². The summed E-state index contributed by atoms with van der Waals surface area (Å²) in [6.45, 7) is 6.07. The van der Waals surface area contributed by atoms with Crippen LogP contribution in [-0.4, -0.2) is 41.7 Å². The van der Waals surface area contributed by atoms with Crippen LogP contribution in [0.3, 0.4) is 0 Å². The zero-order chi connectivity index (χ0) is 12.9. The molecule has 0 saturated heterocycles. The van der Waals surface area contributed by atoms with E-state index in [0.717, 1.165) is 0 Å². The predicted octanol–water partition coefficient (Wildman–Crippen LogP) is 1.59. The maximum atomic E-state index is 11.0. The molecule has 92 valence electrons. The summed E-state index contributed by atoms with van der Waals surface area (Å²) in [5.74, 6) is -2.72. The first-order valence-electron chi connectivity index (χ1n) is 4.67. The number of rotatable bonds is 5. The van der Waals surface area contributed by atoms with Crippen molar-refractivity contribution in [1.29, 1.82) is 0 Å². The van der Waals surface area contributed by atoms with Crippen LogP contribution in [0.15, 0.2) is 0 Å². The van der Waals surface area contributed by atoms with Gasteiger partial charge in [-0.25, -0.2) is 0 Å². The van der Waals surface area contributed by atoms with Gasteiger partial charge in [0.15, 0.2) is 0 Å². The fourth-order valence-corrected chi connectivity index (χ4v) is 0.950. The first-order chi connectivity index (χ1) is 7.15. The van der Waals surface area contributed by atoms with Crippen LogP contribution in [0, 0.1) is 0 Å². The van der Waals surface area contributed by atoms with Crippen molar-refractivity contribution in [2.45, 2.75) is 39.3 Å². The van der Waals surface area contributed by atoms with Gasteiger partial charge in [0.1, 0.15) is 0 Å². The molecule has 0 aliphatic heterocycles. The number of hydrogen-bond acceptors (Lipinski definition) is 4. The summed E-state index contributed by atoms with van der Waals surface area (Å²) in [6, 6.07) is 0. The van der Waals surface area contributed by atoms with Gasteiger partial charge in [0, 0.05) is 38.6 Å². The van der Waals surface area contributed by atoms with Crippen molar-refractivity contribution in [2.75, 3.05) is 0 Å². The van der Waals surface area contributed by atoms with Gasteiger partial charge in [0.2, 0.25) is 0 Å². The van der Waals surface area contributed by atoms with Gasteiger partial charge in [-0.3, -0.25) is 9.59 Å². The predicted molar refractivity (Wildman–Crippen MR) is 57.8 cm³/mol. The minimum atomic E-state index is -1.38. The second kappa shape index (κ2) is 7.82. The molecule has 0 saturated carbocycles. The average molecular weight is 316 g/mol. The van der Waals surface area contributed by atoms with E-state index in [4.69, 9.17) is 9.84 Å². The monoisotopic (exact) mass is 316 g/mol. The van der Waals surface area contributed by atoms with Crippen molar-refractivity contribution >= 4 is 24.9 Å². The van der Waals surface area contributed by atoms with Crippen LogP contribution in [0.5, 0.6) is 0 Å². The number of amides is 1. The van der Waals surface area contributed by atoms with E-state index in [1.165, 1.54) is 6.92 Å². The van der Waals surface area contributed by atoms with E-state index in [2.05, 4.69) is 5.32 Å². The number of carboxylic acid groups (broad SMARTS) is 1. The molecule has 1 atom stereocenters. The van der Waals surface area contributed by atoms with Crippen LogP contribution < -0.4 is 0 Å². The van der Waals surface area contributed by atoms with Gasteiger partial charge in [-0.1, -0.05) is 19.4 Å². The van der Waals surface area contributed by atoms with Gasteiger partial charge in [-0.15, -0.1) is 0 Å². The maximum Gasteiger partial charge on any atom is 0.405 e. The normalized spacial score (nSPS) is 11.8. The zero-order valence-corrected chi connectivity index (χ0v) is 13.1. The van der Waals surface area contributed by atoms with Crippen molar-refractivity contribution < 1.29 is 56.9 Å². The Kier molecular flexibility index (Phi) is 8.71.